The molecule has 2 atom stereocenters. The van der Waals surface area contributed by atoms with Crippen molar-refractivity contribution in [3.8, 4) is 0 Å². The van der Waals surface area contributed by atoms with E-state index < -0.39 is 26.0 Å². The summed E-state index contributed by atoms with van der Waals surface area (Å²) in [5.74, 6) is -0.756. The van der Waals surface area contributed by atoms with Crippen molar-refractivity contribution in [1.29, 1.82) is 0 Å². The summed E-state index contributed by atoms with van der Waals surface area (Å²) in [5, 5.41) is 0.814. The highest BCUT2D eigenvalue weighted by Crippen LogP contribution is 2.47. The topological polar surface area (TPSA) is 96.2 Å². The Labute approximate surface area is 231 Å². The third-order valence-electron chi connectivity index (χ3n) is 5.93. The molecule has 0 saturated heterocycles. The van der Waals surface area contributed by atoms with Crippen LogP contribution in [0.4, 0.5) is 0 Å². The van der Waals surface area contributed by atoms with Gasteiger partial charge >= 0.3 is 0 Å². The zero-order valence-electron chi connectivity index (χ0n) is 19.6. The van der Waals surface area contributed by atoms with Gasteiger partial charge < -0.3 is 0 Å². The zero-order chi connectivity index (χ0) is 26.9. The van der Waals surface area contributed by atoms with Gasteiger partial charge in [0.05, 0.1) is 27.1 Å². The van der Waals surface area contributed by atoms with E-state index in [4.69, 9.17) is 23.2 Å². The summed E-state index contributed by atoms with van der Waals surface area (Å²) in [6, 6.07) is 29.6. The zero-order valence-corrected chi connectivity index (χ0v) is 22.8. The number of benzene rings is 4. The number of sulfonamides is 1. The van der Waals surface area contributed by atoms with Gasteiger partial charge in [-0.25, -0.2) is 4.21 Å². The lowest BCUT2D eigenvalue weighted by Gasteiger charge is -2.33. The molecule has 1 aliphatic carbocycles. The molecular formula is C28H20Cl2N2O4S2. The van der Waals surface area contributed by atoms with Crippen molar-refractivity contribution in [1.82, 2.24) is 0 Å². The molecule has 4 aromatic rings. The van der Waals surface area contributed by atoms with Gasteiger partial charge in [0.25, 0.3) is 10.0 Å². The molecule has 192 valence electrons. The van der Waals surface area contributed by atoms with Crippen molar-refractivity contribution < 1.29 is 17.2 Å². The van der Waals surface area contributed by atoms with Gasteiger partial charge in [0, 0.05) is 15.6 Å². The number of hydrogen-bond donors (Lipinski definition) is 1. The van der Waals surface area contributed by atoms with E-state index in [2.05, 4.69) is 8.76 Å². The van der Waals surface area contributed by atoms with E-state index in [0.717, 1.165) is 0 Å². The number of halogens is 2. The molecule has 2 unspecified atom stereocenters. The molecule has 0 amide bonds. The molecule has 0 bridgehead atoms. The predicted molar refractivity (Wildman–Crippen MR) is 152 cm³/mol. The van der Waals surface area contributed by atoms with Crippen LogP contribution in [0.1, 0.15) is 17.0 Å². The Morgan fingerprint density at radius 2 is 1.16 bits per heavy atom. The maximum atomic E-state index is 13.4. The van der Waals surface area contributed by atoms with Gasteiger partial charge in [-0.05, 0) is 59.7 Å². The van der Waals surface area contributed by atoms with E-state index in [1.54, 1.807) is 48.5 Å². The maximum Gasteiger partial charge on any atom is 0.282 e. The summed E-state index contributed by atoms with van der Waals surface area (Å²) >= 11 is 11.9. The molecule has 0 aliphatic heterocycles. The number of nitrogens with zero attached hydrogens (tertiary/aromatic N) is 2. The molecule has 38 heavy (non-hydrogen) atoms. The Kier molecular flexibility index (Phi) is 7.26. The molecule has 0 aromatic heterocycles. The maximum absolute atomic E-state index is 13.4. The van der Waals surface area contributed by atoms with Crippen molar-refractivity contribution in [3.05, 3.63) is 136 Å². The first kappa shape index (κ1) is 26.3. The van der Waals surface area contributed by atoms with Crippen molar-refractivity contribution in [2.24, 2.45) is 8.76 Å². The normalized spacial score (nSPS) is 18.1. The summed E-state index contributed by atoms with van der Waals surface area (Å²) < 4.78 is 59.7. The molecule has 1 aliphatic rings. The highest BCUT2D eigenvalue weighted by molar-refractivity contribution is 7.90. The second-order valence-electron chi connectivity index (χ2n) is 8.42. The Balaban J connectivity index is 1.77. The Hall–Kier alpha value is -3.27. The molecule has 6 nitrogen and oxygen atoms in total. The summed E-state index contributed by atoms with van der Waals surface area (Å²) in [4.78, 5) is 0.0546. The summed E-state index contributed by atoms with van der Waals surface area (Å²) in [6.07, 6.45) is 0. The molecule has 0 radical (unpaired) electrons. The fraction of sp³-hybridized carbons (Fsp3) is 0.0357. The molecule has 4 aromatic carbocycles. The van der Waals surface area contributed by atoms with Crippen LogP contribution in [-0.4, -0.2) is 22.9 Å². The standard InChI is InChI=1S/C28H20Cl2N2O4S2/c29-21-11-15-23(16-12-21)37(33,34)31-27-25(19-7-3-1-4-8-19)28(26(27)20-9-5-2-6-10-20)32-38(35,36)24-17-13-22(30)14-18-24/h1-18,25H,(H,31,33,34)/b32-28+. The van der Waals surface area contributed by atoms with Crippen LogP contribution in [0.5, 0.6) is 0 Å². The van der Waals surface area contributed by atoms with E-state index in [0.29, 0.717) is 26.7 Å². The van der Waals surface area contributed by atoms with E-state index in [-0.39, 0.29) is 21.2 Å². The van der Waals surface area contributed by atoms with Crippen LogP contribution in [0.2, 0.25) is 10.0 Å². The highest BCUT2D eigenvalue weighted by atomic mass is 35.5. The molecule has 5 rings (SSSR count). The van der Waals surface area contributed by atoms with Gasteiger partial charge in [-0.1, -0.05) is 83.9 Å². The van der Waals surface area contributed by atoms with Crippen LogP contribution in [0.25, 0.3) is 5.57 Å². The smallest absolute Gasteiger partial charge is 0.282 e. The number of rotatable bonds is 6. The van der Waals surface area contributed by atoms with Gasteiger partial charge in [-0.2, -0.15) is 17.2 Å². The molecule has 0 fully saturated rings. The molecule has 1 N–H and O–H groups in total. The Bertz CT molecular complexity index is 1780. The van der Waals surface area contributed by atoms with Gasteiger partial charge in [0.1, 0.15) is 0 Å². The lowest BCUT2D eigenvalue weighted by Crippen LogP contribution is -2.29. The summed E-state index contributed by atoms with van der Waals surface area (Å²) in [6.45, 7) is 0. The van der Waals surface area contributed by atoms with Gasteiger partial charge in [0.15, 0.2) is 10.0 Å². The van der Waals surface area contributed by atoms with E-state index in [1.807, 2.05) is 12.1 Å². The summed E-state index contributed by atoms with van der Waals surface area (Å²) in [7, 11) is -8.04. The average Bonchev–Trinajstić information content (AvgIpc) is 2.90. The lowest BCUT2D eigenvalue weighted by molar-refractivity contribution is 0.550. The van der Waals surface area contributed by atoms with Crippen LogP contribution in [-0.2, 0) is 20.0 Å². The Morgan fingerprint density at radius 1 is 0.658 bits per heavy atom. The number of hydrogen-bond acceptors (Lipinski definition) is 4. The predicted octanol–water partition coefficient (Wildman–Crippen LogP) is 7.33. The van der Waals surface area contributed by atoms with E-state index in [1.165, 1.54) is 48.5 Å². The number of allylic oxidation sites excluding steroid dienone is 2. The van der Waals surface area contributed by atoms with Gasteiger partial charge in [-0.15, -0.1) is 0 Å². The molecule has 0 heterocycles. The summed E-state index contributed by atoms with van der Waals surface area (Å²) in [5.41, 5.74) is 2.17. The lowest BCUT2D eigenvalue weighted by atomic mass is 9.73. The monoisotopic (exact) mass is 582 g/mol. The fourth-order valence-electron chi connectivity index (χ4n) is 4.12. The van der Waals surface area contributed by atoms with Crippen molar-refractivity contribution in [2.45, 2.75) is 15.7 Å². The van der Waals surface area contributed by atoms with Crippen molar-refractivity contribution >= 4 is 54.5 Å². The van der Waals surface area contributed by atoms with Crippen LogP contribution in [0.15, 0.2) is 133 Å². The van der Waals surface area contributed by atoms with Crippen LogP contribution < -0.4 is 0 Å². The first-order valence-electron chi connectivity index (χ1n) is 11.4. The quantitative estimate of drug-likeness (QED) is 0.257. The first-order chi connectivity index (χ1) is 18.2. The first-order valence-corrected chi connectivity index (χ1v) is 15.0. The third-order valence-corrected chi connectivity index (χ3v) is 9.07. The second-order valence-corrected chi connectivity index (χ2v) is 12.5. The Morgan fingerprint density at radius 3 is 1.71 bits per heavy atom. The molecule has 0 spiro atoms. The van der Waals surface area contributed by atoms with Crippen molar-refractivity contribution in [3.63, 3.8) is 0 Å². The fourth-order valence-corrected chi connectivity index (χ4v) is 6.47. The van der Waals surface area contributed by atoms with Crippen LogP contribution >= 0.6 is 23.2 Å². The molecule has 10 heteroatoms. The van der Waals surface area contributed by atoms with Gasteiger partial charge in [-0.3, -0.25) is 4.55 Å². The minimum Gasteiger partial charge on any atom is -0.296 e. The third kappa shape index (κ3) is 5.32. The molecule has 0 saturated carbocycles. The van der Waals surface area contributed by atoms with E-state index in [9.17, 15) is 17.2 Å². The SMILES string of the molecule is O=S(=O)(/N=C1/C(c2ccccc2)=C(N=S(=O)(O)c2ccc(Cl)cc2)C1c1ccccc1)c1ccc(Cl)cc1. The van der Waals surface area contributed by atoms with Gasteiger partial charge in [0.2, 0.25) is 0 Å². The van der Waals surface area contributed by atoms with Crippen molar-refractivity contribution in [2.75, 3.05) is 0 Å². The minimum atomic E-state index is -4.14. The van der Waals surface area contributed by atoms with Crippen LogP contribution in [0.3, 0.4) is 0 Å². The largest absolute Gasteiger partial charge is 0.296 e. The second kappa shape index (κ2) is 10.5. The molecular weight excluding hydrogens is 563 g/mol. The highest BCUT2D eigenvalue weighted by Gasteiger charge is 2.41. The van der Waals surface area contributed by atoms with Crippen LogP contribution in [0, 0.1) is 0 Å². The average molecular weight is 584 g/mol. The minimum absolute atomic E-state index is 0.0221. The van der Waals surface area contributed by atoms with E-state index >= 15 is 0 Å².